The minimum absolute atomic E-state index is 0. The van der Waals surface area contributed by atoms with Gasteiger partial charge in [-0.1, -0.05) is 12.1 Å². The molecule has 0 saturated heterocycles. The van der Waals surface area contributed by atoms with Crippen LogP contribution in [0.15, 0.2) is 14.9 Å². The summed E-state index contributed by atoms with van der Waals surface area (Å²) in [4.78, 5) is 11.4. The lowest BCUT2D eigenvalue weighted by Crippen LogP contribution is -2.38. The minimum Gasteiger partial charge on any atom is -0.361 e. The molecule has 2 heterocycles. The van der Waals surface area contributed by atoms with Crippen LogP contribution in [0, 0.1) is 20.8 Å². The number of rotatable bonds is 6. The monoisotopic (exact) mass is 477 g/mol. The maximum absolute atomic E-state index is 5.27. The Morgan fingerprint density at radius 3 is 2.64 bits per heavy atom. The van der Waals surface area contributed by atoms with Crippen LogP contribution in [-0.2, 0) is 6.54 Å². The lowest BCUT2D eigenvalue weighted by Gasteiger charge is -2.22. The molecule has 0 saturated carbocycles. The minimum atomic E-state index is 0. The van der Waals surface area contributed by atoms with Gasteiger partial charge in [0.25, 0.3) is 0 Å². The largest absolute Gasteiger partial charge is 0.361 e. The summed E-state index contributed by atoms with van der Waals surface area (Å²) in [6, 6.07) is 0. The van der Waals surface area contributed by atoms with Gasteiger partial charge in [-0.25, -0.2) is 4.98 Å². The molecule has 1 atom stereocenters. The van der Waals surface area contributed by atoms with Gasteiger partial charge in [0.2, 0.25) is 0 Å². The molecule has 1 N–H and O–H groups in total. The predicted molar refractivity (Wildman–Crippen MR) is 114 cm³/mol. The van der Waals surface area contributed by atoms with Gasteiger partial charge in [-0.2, -0.15) is 0 Å². The average Bonchev–Trinajstić information content (AvgIpc) is 3.08. The fraction of sp³-hybridized carbons (Fsp3) is 0.588. The number of halogens is 1. The summed E-state index contributed by atoms with van der Waals surface area (Å²) in [5.41, 5.74) is 3.18. The highest BCUT2D eigenvalue weighted by molar-refractivity contribution is 14.0. The summed E-state index contributed by atoms with van der Waals surface area (Å²) in [5.74, 6) is 2.04. The van der Waals surface area contributed by atoms with Gasteiger partial charge < -0.3 is 14.7 Å². The number of thiazole rings is 1. The average molecular weight is 477 g/mol. The summed E-state index contributed by atoms with van der Waals surface area (Å²) in [7, 11) is 2.04. The van der Waals surface area contributed by atoms with Gasteiger partial charge in [0.15, 0.2) is 5.96 Å². The van der Waals surface area contributed by atoms with Gasteiger partial charge in [-0.3, -0.25) is 4.99 Å². The zero-order valence-corrected chi connectivity index (χ0v) is 18.9. The molecule has 1 unspecified atom stereocenters. The molecular weight excluding hydrogens is 449 g/mol. The van der Waals surface area contributed by atoms with Gasteiger partial charge in [0.1, 0.15) is 5.76 Å². The third-order valence-electron chi connectivity index (χ3n) is 3.86. The molecule has 0 aliphatic heterocycles. The third kappa shape index (κ3) is 5.95. The Bertz CT molecular complexity index is 678. The Hall–Kier alpha value is -1.16. The second-order valence-electron chi connectivity index (χ2n) is 6.05. The van der Waals surface area contributed by atoms with E-state index in [4.69, 9.17) is 9.52 Å². The SMILES string of the molecule is CCNC(=NCC(C)c1c(C)noc1C)N(C)Cc1csc(C)n1.I. The van der Waals surface area contributed by atoms with Crippen molar-refractivity contribution in [2.45, 2.75) is 47.1 Å². The van der Waals surface area contributed by atoms with E-state index in [1.807, 2.05) is 27.8 Å². The van der Waals surface area contributed by atoms with Crippen molar-refractivity contribution in [1.29, 1.82) is 0 Å². The molecule has 6 nitrogen and oxygen atoms in total. The van der Waals surface area contributed by atoms with Crippen LogP contribution in [0.3, 0.4) is 0 Å². The number of nitrogens with zero attached hydrogens (tertiary/aromatic N) is 4. The normalized spacial score (nSPS) is 12.6. The highest BCUT2D eigenvalue weighted by Gasteiger charge is 2.17. The first-order chi connectivity index (χ1) is 11.4. The first-order valence-electron chi connectivity index (χ1n) is 8.25. The summed E-state index contributed by atoms with van der Waals surface area (Å²) < 4.78 is 5.27. The van der Waals surface area contributed by atoms with Crippen molar-refractivity contribution in [2.24, 2.45) is 4.99 Å². The standard InChI is InChI=1S/C17H27N5OS.HI/c1-7-18-17(22(6)9-15-10-24-14(5)20-15)19-8-11(2)16-12(3)21-23-13(16)4;/h10-11H,7-9H2,1-6H3,(H,18,19);1H. The van der Waals surface area contributed by atoms with E-state index in [9.17, 15) is 0 Å². The van der Waals surface area contributed by atoms with Gasteiger partial charge in [0.05, 0.1) is 22.9 Å². The zero-order valence-electron chi connectivity index (χ0n) is 15.8. The van der Waals surface area contributed by atoms with Crippen molar-refractivity contribution in [1.82, 2.24) is 20.4 Å². The Balaban J connectivity index is 0.00000312. The number of aryl methyl sites for hydroxylation is 3. The highest BCUT2D eigenvalue weighted by atomic mass is 127. The Labute approximate surface area is 171 Å². The van der Waals surface area contributed by atoms with E-state index in [0.29, 0.717) is 6.54 Å². The van der Waals surface area contributed by atoms with E-state index < -0.39 is 0 Å². The van der Waals surface area contributed by atoms with Crippen LogP contribution >= 0.6 is 35.3 Å². The van der Waals surface area contributed by atoms with Gasteiger partial charge in [-0.05, 0) is 27.7 Å². The van der Waals surface area contributed by atoms with E-state index in [1.165, 1.54) is 0 Å². The Morgan fingerprint density at radius 1 is 1.40 bits per heavy atom. The summed E-state index contributed by atoms with van der Waals surface area (Å²) in [6.45, 7) is 12.5. The molecule has 0 fully saturated rings. The van der Waals surface area contributed by atoms with Crippen LogP contribution in [0.1, 0.15) is 47.5 Å². The number of aliphatic imine (C=N–C) groups is 1. The zero-order chi connectivity index (χ0) is 17.7. The number of aromatic nitrogens is 2. The van der Waals surface area contributed by atoms with Crippen LogP contribution in [0.2, 0.25) is 0 Å². The molecule has 0 amide bonds. The van der Waals surface area contributed by atoms with Crippen LogP contribution in [-0.4, -0.2) is 41.1 Å². The molecular formula is C17H28IN5OS. The fourth-order valence-electron chi connectivity index (χ4n) is 2.78. The van der Waals surface area contributed by atoms with E-state index in [0.717, 1.165) is 46.8 Å². The lowest BCUT2D eigenvalue weighted by atomic mass is 10.00. The maximum atomic E-state index is 5.27. The van der Waals surface area contributed by atoms with Gasteiger partial charge >= 0.3 is 0 Å². The van der Waals surface area contributed by atoms with Gasteiger partial charge in [0, 0.05) is 37.0 Å². The first kappa shape index (κ1) is 21.9. The van der Waals surface area contributed by atoms with Crippen molar-refractivity contribution >= 4 is 41.3 Å². The highest BCUT2D eigenvalue weighted by Crippen LogP contribution is 2.23. The number of nitrogens with one attached hydrogen (secondary N) is 1. The number of hydrogen-bond acceptors (Lipinski definition) is 5. The molecule has 2 aromatic heterocycles. The molecule has 2 aromatic rings. The van der Waals surface area contributed by atoms with Gasteiger partial charge in [-0.15, -0.1) is 35.3 Å². The van der Waals surface area contributed by atoms with Crippen LogP contribution in [0.5, 0.6) is 0 Å². The van der Waals surface area contributed by atoms with E-state index in [1.54, 1.807) is 11.3 Å². The van der Waals surface area contributed by atoms with E-state index in [2.05, 4.69) is 39.6 Å². The summed E-state index contributed by atoms with van der Waals surface area (Å²) >= 11 is 1.68. The van der Waals surface area contributed by atoms with Crippen LogP contribution < -0.4 is 5.32 Å². The molecule has 0 radical (unpaired) electrons. The van der Waals surface area contributed by atoms with Crippen LogP contribution in [0.25, 0.3) is 0 Å². The number of guanidine groups is 1. The second kappa shape index (κ2) is 10.1. The van der Waals surface area contributed by atoms with Crippen molar-refractivity contribution in [2.75, 3.05) is 20.1 Å². The quantitative estimate of drug-likeness (QED) is 0.389. The second-order valence-corrected chi connectivity index (χ2v) is 7.11. The molecule has 0 aromatic carbocycles. The fourth-order valence-corrected chi connectivity index (χ4v) is 3.38. The number of hydrogen-bond donors (Lipinski definition) is 1. The Morgan fingerprint density at radius 2 is 2.12 bits per heavy atom. The maximum Gasteiger partial charge on any atom is 0.194 e. The molecule has 140 valence electrons. The molecule has 0 aliphatic rings. The first-order valence-corrected chi connectivity index (χ1v) is 9.13. The molecule has 0 aliphatic carbocycles. The molecule has 0 spiro atoms. The topological polar surface area (TPSA) is 66.6 Å². The van der Waals surface area contributed by atoms with Crippen LogP contribution in [0.4, 0.5) is 0 Å². The van der Waals surface area contributed by atoms with Crippen molar-refractivity contribution < 1.29 is 4.52 Å². The summed E-state index contributed by atoms with van der Waals surface area (Å²) in [6.07, 6.45) is 0. The molecule has 0 bridgehead atoms. The summed E-state index contributed by atoms with van der Waals surface area (Å²) in [5, 5.41) is 10.6. The smallest absolute Gasteiger partial charge is 0.194 e. The third-order valence-corrected chi connectivity index (χ3v) is 4.68. The van der Waals surface area contributed by atoms with Crippen molar-refractivity contribution in [3.8, 4) is 0 Å². The van der Waals surface area contributed by atoms with Crippen molar-refractivity contribution in [3.05, 3.63) is 33.1 Å². The predicted octanol–water partition coefficient (Wildman–Crippen LogP) is 3.88. The molecule has 8 heteroatoms. The molecule has 2 rings (SSSR count). The van der Waals surface area contributed by atoms with E-state index >= 15 is 0 Å². The van der Waals surface area contributed by atoms with E-state index in [-0.39, 0.29) is 29.9 Å². The molecule has 25 heavy (non-hydrogen) atoms. The lowest BCUT2D eigenvalue weighted by molar-refractivity contribution is 0.391. The van der Waals surface area contributed by atoms with Crippen molar-refractivity contribution in [3.63, 3.8) is 0 Å². The Kier molecular flexibility index (Phi) is 8.84.